The lowest BCUT2D eigenvalue weighted by Gasteiger charge is -2.45. The number of benzene rings is 9. The molecule has 9 aromatic carbocycles. The summed E-state index contributed by atoms with van der Waals surface area (Å²) in [6.45, 7) is 0. The fraction of sp³-hybridized carbons (Fsp3) is 0.0545. The number of nitrogens with one attached hydrogen (secondary N) is 1. The van der Waals surface area contributed by atoms with Gasteiger partial charge in [0.05, 0.1) is 5.41 Å². The van der Waals surface area contributed by atoms with Crippen LogP contribution in [0.15, 0.2) is 216 Å². The van der Waals surface area contributed by atoms with Gasteiger partial charge in [0.15, 0.2) is 0 Å². The maximum absolute atomic E-state index is 5.32. The third-order valence-corrected chi connectivity index (χ3v) is 13.8. The van der Waals surface area contributed by atoms with E-state index < -0.39 is 5.41 Å². The van der Waals surface area contributed by atoms with Crippen LogP contribution in [0.3, 0.4) is 0 Å². The second-order valence-corrected chi connectivity index (χ2v) is 16.6. The molecule has 1 aliphatic carbocycles. The molecule has 0 amide bonds. The van der Waals surface area contributed by atoms with Crippen molar-refractivity contribution in [3.8, 4) is 22.3 Å². The third kappa shape index (κ3) is 5.04. The van der Waals surface area contributed by atoms with Crippen LogP contribution < -0.4 is 5.32 Å². The third-order valence-electron chi connectivity index (χ3n) is 12.5. The Morgan fingerprint density at radius 1 is 0.431 bits per heavy atom. The van der Waals surface area contributed by atoms with Gasteiger partial charge in [0.2, 0.25) is 0 Å². The Balaban J connectivity index is 1.01. The molecule has 1 N–H and O–H groups in total. The average Bonchev–Trinajstić information content (AvgIpc) is 3.59. The molecule has 2 heterocycles. The molecule has 0 saturated carbocycles. The zero-order chi connectivity index (χ0) is 38.2. The Labute approximate surface area is 342 Å². The van der Waals surface area contributed by atoms with Gasteiger partial charge in [-0.05, 0) is 89.4 Å². The van der Waals surface area contributed by atoms with Gasteiger partial charge in [-0.15, -0.1) is 0 Å². The molecule has 3 aliphatic rings. The Morgan fingerprint density at radius 2 is 1.02 bits per heavy atom. The molecular weight excluding hydrogens is 721 g/mol. The summed E-state index contributed by atoms with van der Waals surface area (Å²) >= 11 is 1.95. The largest absolute Gasteiger partial charge is 0.629 e. The van der Waals surface area contributed by atoms with Crippen molar-refractivity contribution in [2.24, 2.45) is 0 Å². The van der Waals surface area contributed by atoms with Crippen LogP contribution in [-0.2, 0) is 5.41 Å². The summed E-state index contributed by atoms with van der Waals surface area (Å²) in [5.74, 6) is 0. The van der Waals surface area contributed by atoms with E-state index in [0.29, 0.717) is 0 Å². The monoisotopic (exact) mass is 757 g/mol. The number of hydrogen-bond donors (Lipinski definition) is 1. The van der Waals surface area contributed by atoms with Gasteiger partial charge in [-0.2, -0.15) is 0 Å². The summed E-state index contributed by atoms with van der Waals surface area (Å²) in [7, 11) is 0. The molecule has 0 radical (unpaired) electrons. The van der Waals surface area contributed by atoms with E-state index in [2.05, 4.69) is 212 Å². The van der Waals surface area contributed by atoms with E-state index in [4.69, 9.17) is 5.32 Å². The van der Waals surface area contributed by atoms with Crippen molar-refractivity contribution in [3.05, 3.63) is 251 Å². The number of fused-ring (bicyclic) bond motifs is 13. The first-order chi connectivity index (χ1) is 28.7. The van der Waals surface area contributed by atoms with Gasteiger partial charge in [-0.1, -0.05) is 224 Å². The van der Waals surface area contributed by atoms with Crippen LogP contribution in [0.4, 0.5) is 0 Å². The number of hydrogen-bond acceptors (Lipinski definition) is 2. The highest BCUT2D eigenvalue weighted by Crippen LogP contribution is 2.64. The lowest BCUT2D eigenvalue weighted by molar-refractivity contribution is 0.664. The van der Waals surface area contributed by atoms with Gasteiger partial charge in [0.25, 0.3) is 0 Å². The summed E-state index contributed by atoms with van der Waals surface area (Å²) in [4.78, 5) is 2.70. The molecule has 2 unspecified atom stereocenters. The van der Waals surface area contributed by atoms with E-state index in [-0.39, 0.29) is 12.2 Å². The first kappa shape index (κ1) is 33.5. The summed E-state index contributed by atoms with van der Waals surface area (Å²) < 4.78 is 0. The minimum Gasteiger partial charge on any atom is -0.629 e. The zero-order valence-corrected chi connectivity index (χ0v) is 32.5. The molecule has 2 nitrogen and oxygen atoms in total. The van der Waals surface area contributed by atoms with Gasteiger partial charge in [-0.3, -0.25) is 0 Å². The molecule has 9 aromatic rings. The van der Waals surface area contributed by atoms with Crippen LogP contribution in [0.5, 0.6) is 0 Å². The Morgan fingerprint density at radius 3 is 1.72 bits per heavy atom. The van der Waals surface area contributed by atoms with Crippen molar-refractivity contribution in [3.63, 3.8) is 0 Å². The maximum Gasteiger partial charge on any atom is 0.0736 e. The van der Waals surface area contributed by atoms with E-state index in [0.717, 1.165) is 11.3 Å². The van der Waals surface area contributed by atoms with Crippen molar-refractivity contribution < 1.29 is 0 Å². The second-order valence-electron chi connectivity index (χ2n) is 15.6. The molecule has 1 spiro atoms. The van der Waals surface area contributed by atoms with Crippen molar-refractivity contribution in [1.82, 2.24) is 5.32 Å². The van der Waals surface area contributed by atoms with Gasteiger partial charge in [-0.25, -0.2) is 0 Å². The zero-order valence-electron chi connectivity index (χ0n) is 31.6. The lowest BCUT2D eigenvalue weighted by Crippen LogP contribution is -2.32. The number of rotatable bonds is 4. The standard InChI is InChI=1S/C55H37N2S/c1-3-15-38(16-4-1)50-34-51(39-17-5-2-6-18-39)57-54(56-50)40-25-23-35(24-26-40)41-27-30-45-44-21-11-12-22-46(44)55(49(45)33-41)47-31-28-36-13-7-9-19-42(36)52(47)58-53-43-20-10-8-14-37(43)29-32-48(53)55/h1-34,50,54,57H/q-1. The van der Waals surface area contributed by atoms with Gasteiger partial charge in [0, 0.05) is 15.5 Å². The van der Waals surface area contributed by atoms with E-state index >= 15 is 0 Å². The van der Waals surface area contributed by atoms with E-state index in [9.17, 15) is 0 Å². The summed E-state index contributed by atoms with van der Waals surface area (Å²) in [6, 6.07) is 73.7. The predicted octanol–water partition coefficient (Wildman–Crippen LogP) is 14.2. The normalized spacial score (nSPS) is 17.2. The van der Waals surface area contributed by atoms with Crippen LogP contribution in [0.2, 0.25) is 0 Å². The highest BCUT2D eigenvalue weighted by atomic mass is 32.2. The average molecular weight is 758 g/mol. The highest BCUT2D eigenvalue weighted by Gasteiger charge is 2.51. The molecule has 58 heavy (non-hydrogen) atoms. The van der Waals surface area contributed by atoms with E-state index in [1.165, 1.54) is 87.0 Å². The SMILES string of the molecule is C1=C(c2ccccc2)NC(c2ccc(-c3ccc4c(c3)C3(c5ccccc5-4)c4ccc5ccccc5c4Sc4c3ccc3ccccc43)cc2)[N-]C1c1ccccc1. The molecule has 12 rings (SSSR count). The molecule has 0 aromatic heterocycles. The first-order valence-corrected chi connectivity index (χ1v) is 20.9. The van der Waals surface area contributed by atoms with E-state index in [1.54, 1.807) is 0 Å². The summed E-state index contributed by atoms with van der Waals surface area (Å²) in [5, 5.41) is 14.2. The Hall–Kier alpha value is -6.65. The molecule has 0 saturated heterocycles. The molecule has 0 bridgehead atoms. The van der Waals surface area contributed by atoms with Gasteiger partial charge in [0.1, 0.15) is 0 Å². The summed E-state index contributed by atoms with van der Waals surface area (Å²) in [6.07, 6.45) is 2.06. The quantitative estimate of drug-likeness (QED) is 0.193. The minimum absolute atomic E-state index is 0.0504. The molecule has 0 fully saturated rings. The van der Waals surface area contributed by atoms with Crippen LogP contribution in [0, 0.1) is 0 Å². The summed E-state index contributed by atoms with van der Waals surface area (Å²) in [5.41, 5.74) is 14.5. The second kappa shape index (κ2) is 13.2. The Bertz CT molecular complexity index is 3010. The number of nitrogens with zero attached hydrogens (tertiary/aromatic N) is 1. The van der Waals surface area contributed by atoms with Crippen molar-refractivity contribution in [2.75, 3.05) is 0 Å². The van der Waals surface area contributed by atoms with Crippen LogP contribution >= 0.6 is 11.8 Å². The molecule has 2 atom stereocenters. The van der Waals surface area contributed by atoms with Crippen molar-refractivity contribution in [2.45, 2.75) is 27.4 Å². The van der Waals surface area contributed by atoms with Crippen LogP contribution in [-0.4, -0.2) is 0 Å². The Kier molecular flexibility index (Phi) is 7.63. The molecule has 2 aliphatic heterocycles. The first-order valence-electron chi connectivity index (χ1n) is 20.1. The van der Waals surface area contributed by atoms with Crippen molar-refractivity contribution in [1.29, 1.82) is 0 Å². The van der Waals surface area contributed by atoms with Crippen molar-refractivity contribution >= 4 is 39.0 Å². The fourth-order valence-corrected chi connectivity index (χ4v) is 11.3. The predicted molar refractivity (Wildman–Crippen MR) is 241 cm³/mol. The molecular formula is C55H37N2S-. The van der Waals surface area contributed by atoms with E-state index in [1.807, 2.05) is 11.8 Å². The van der Waals surface area contributed by atoms with Crippen LogP contribution in [0.1, 0.15) is 51.2 Å². The van der Waals surface area contributed by atoms with Gasteiger partial charge < -0.3 is 10.6 Å². The van der Waals surface area contributed by atoms with Crippen LogP contribution in [0.25, 0.3) is 54.8 Å². The van der Waals surface area contributed by atoms with Gasteiger partial charge >= 0.3 is 0 Å². The highest BCUT2D eigenvalue weighted by molar-refractivity contribution is 8.00. The maximum atomic E-state index is 5.32. The smallest absolute Gasteiger partial charge is 0.0736 e. The lowest BCUT2D eigenvalue weighted by atomic mass is 9.66. The molecule has 274 valence electrons. The minimum atomic E-state index is -0.483. The molecule has 3 heteroatoms. The topological polar surface area (TPSA) is 26.1 Å². The fourth-order valence-electron chi connectivity index (χ4n) is 9.83.